The summed E-state index contributed by atoms with van der Waals surface area (Å²) in [5.41, 5.74) is 8.11. The van der Waals surface area contributed by atoms with Crippen molar-refractivity contribution in [2.75, 3.05) is 13.1 Å². The molecule has 0 aliphatic heterocycles. The fourth-order valence-corrected chi connectivity index (χ4v) is 2.39. The molecule has 1 aliphatic rings. The Morgan fingerprint density at radius 2 is 2.22 bits per heavy atom. The number of halogens is 1. The van der Waals surface area contributed by atoms with Gasteiger partial charge in [0.25, 0.3) is 0 Å². The lowest BCUT2D eigenvalue weighted by Crippen LogP contribution is -2.34. The van der Waals surface area contributed by atoms with Gasteiger partial charge in [-0.15, -0.1) is 0 Å². The molecule has 0 unspecified atom stereocenters. The van der Waals surface area contributed by atoms with Crippen molar-refractivity contribution in [1.29, 1.82) is 0 Å². The van der Waals surface area contributed by atoms with Crippen LogP contribution in [-0.2, 0) is 11.2 Å². The number of carbonyl (C=O) groups is 1. The third-order valence-electron chi connectivity index (χ3n) is 3.71. The molecule has 3 N–H and O–H groups in total. The van der Waals surface area contributed by atoms with Gasteiger partial charge in [-0.05, 0) is 55.0 Å². The molecule has 1 aromatic rings. The van der Waals surface area contributed by atoms with Gasteiger partial charge in [0.15, 0.2) is 0 Å². The lowest BCUT2D eigenvalue weighted by Gasteiger charge is -2.14. The van der Waals surface area contributed by atoms with E-state index in [0.717, 1.165) is 35.0 Å². The summed E-state index contributed by atoms with van der Waals surface area (Å²) in [6.07, 6.45) is 2.71. The highest BCUT2D eigenvalue weighted by Crippen LogP contribution is 2.43. The Bertz CT molecular complexity index is 455. The van der Waals surface area contributed by atoms with Crippen molar-refractivity contribution < 1.29 is 4.79 Å². The zero-order chi connectivity index (χ0) is 13.2. The molecule has 1 aliphatic carbocycles. The second kappa shape index (κ2) is 5.41. The Balaban J connectivity index is 1.89. The lowest BCUT2D eigenvalue weighted by atomic mass is 10.0. The van der Waals surface area contributed by atoms with Gasteiger partial charge in [0.05, 0.1) is 6.42 Å². The second-order valence-corrected chi connectivity index (χ2v) is 6.14. The van der Waals surface area contributed by atoms with Crippen LogP contribution in [0.3, 0.4) is 0 Å². The number of carbonyl (C=O) groups excluding carboxylic acids is 1. The van der Waals surface area contributed by atoms with E-state index in [9.17, 15) is 4.79 Å². The van der Waals surface area contributed by atoms with Gasteiger partial charge in [-0.2, -0.15) is 0 Å². The van der Waals surface area contributed by atoms with Crippen molar-refractivity contribution in [3.8, 4) is 0 Å². The van der Waals surface area contributed by atoms with E-state index in [-0.39, 0.29) is 11.3 Å². The van der Waals surface area contributed by atoms with E-state index in [0.29, 0.717) is 13.0 Å². The first-order chi connectivity index (χ1) is 8.54. The maximum atomic E-state index is 11.9. The summed E-state index contributed by atoms with van der Waals surface area (Å²) in [6, 6.07) is 6.02. The first-order valence-corrected chi connectivity index (χ1v) is 7.06. The van der Waals surface area contributed by atoms with E-state index in [4.69, 9.17) is 5.73 Å². The number of nitrogens with one attached hydrogen (secondary N) is 1. The molecular formula is C14H19BrN2O. The Morgan fingerprint density at radius 1 is 1.50 bits per heavy atom. The van der Waals surface area contributed by atoms with Gasteiger partial charge in [0.1, 0.15) is 0 Å². The number of nitrogens with two attached hydrogens (primary N) is 1. The summed E-state index contributed by atoms with van der Waals surface area (Å²) in [5.74, 6) is 0.0796. The topological polar surface area (TPSA) is 55.1 Å². The van der Waals surface area contributed by atoms with Crippen molar-refractivity contribution in [3.63, 3.8) is 0 Å². The molecule has 0 heterocycles. The molecule has 4 heteroatoms. The van der Waals surface area contributed by atoms with Crippen LogP contribution in [0, 0.1) is 12.3 Å². The first kappa shape index (κ1) is 13.6. The Morgan fingerprint density at radius 3 is 2.83 bits per heavy atom. The fourth-order valence-electron chi connectivity index (χ4n) is 1.98. The number of amides is 1. The average Bonchev–Trinajstić information content (AvgIpc) is 3.12. The maximum Gasteiger partial charge on any atom is 0.224 e. The SMILES string of the molecule is Cc1ccc(Br)cc1CC(=O)NCC1(CN)CC1. The van der Waals surface area contributed by atoms with Crippen molar-refractivity contribution in [1.82, 2.24) is 5.32 Å². The fraction of sp³-hybridized carbons (Fsp3) is 0.500. The molecule has 0 atom stereocenters. The molecule has 0 radical (unpaired) electrons. The van der Waals surface area contributed by atoms with E-state index < -0.39 is 0 Å². The molecule has 1 amide bonds. The van der Waals surface area contributed by atoms with E-state index in [1.807, 2.05) is 25.1 Å². The highest BCUT2D eigenvalue weighted by atomic mass is 79.9. The molecule has 0 saturated heterocycles. The van der Waals surface area contributed by atoms with E-state index in [2.05, 4.69) is 21.2 Å². The predicted molar refractivity (Wildman–Crippen MR) is 76.3 cm³/mol. The molecular weight excluding hydrogens is 292 g/mol. The molecule has 3 nitrogen and oxygen atoms in total. The van der Waals surface area contributed by atoms with Crippen molar-refractivity contribution >= 4 is 21.8 Å². The Labute approximate surface area is 116 Å². The van der Waals surface area contributed by atoms with Crippen LogP contribution in [0.25, 0.3) is 0 Å². The zero-order valence-corrected chi connectivity index (χ0v) is 12.2. The minimum Gasteiger partial charge on any atom is -0.355 e. The molecule has 0 bridgehead atoms. The summed E-state index contributed by atoms with van der Waals surface area (Å²) in [7, 11) is 0. The van der Waals surface area contributed by atoms with E-state index >= 15 is 0 Å². The van der Waals surface area contributed by atoms with Crippen LogP contribution in [0.15, 0.2) is 22.7 Å². The van der Waals surface area contributed by atoms with Crippen LogP contribution >= 0.6 is 15.9 Å². The van der Waals surface area contributed by atoms with Crippen LogP contribution in [0.1, 0.15) is 24.0 Å². The smallest absolute Gasteiger partial charge is 0.224 e. The average molecular weight is 311 g/mol. The molecule has 0 aromatic heterocycles. The minimum absolute atomic E-state index is 0.0796. The molecule has 98 valence electrons. The van der Waals surface area contributed by atoms with Gasteiger partial charge >= 0.3 is 0 Å². The molecule has 2 rings (SSSR count). The standard InChI is InChI=1S/C14H19BrN2O/c1-10-2-3-12(15)6-11(10)7-13(18)17-9-14(8-16)4-5-14/h2-3,6H,4-5,7-9,16H2,1H3,(H,17,18). The molecule has 1 aromatic carbocycles. The van der Waals surface area contributed by atoms with Gasteiger partial charge in [-0.25, -0.2) is 0 Å². The van der Waals surface area contributed by atoms with E-state index in [1.54, 1.807) is 0 Å². The number of hydrogen-bond donors (Lipinski definition) is 2. The third kappa shape index (κ3) is 3.33. The zero-order valence-electron chi connectivity index (χ0n) is 10.6. The summed E-state index contributed by atoms with van der Waals surface area (Å²) in [4.78, 5) is 11.9. The number of benzene rings is 1. The van der Waals surface area contributed by atoms with Crippen LogP contribution in [-0.4, -0.2) is 19.0 Å². The third-order valence-corrected chi connectivity index (χ3v) is 4.21. The summed E-state index contributed by atoms with van der Waals surface area (Å²) in [6.45, 7) is 3.41. The van der Waals surface area contributed by atoms with Gasteiger partial charge in [0, 0.05) is 11.0 Å². The first-order valence-electron chi connectivity index (χ1n) is 6.26. The predicted octanol–water partition coefficient (Wildman–Crippen LogP) is 2.16. The van der Waals surface area contributed by atoms with Gasteiger partial charge in [0.2, 0.25) is 5.91 Å². The number of rotatable bonds is 5. The summed E-state index contributed by atoms with van der Waals surface area (Å²) >= 11 is 3.43. The largest absolute Gasteiger partial charge is 0.355 e. The van der Waals surface area contributed by atoms with Crippen LogP contribution in [0.2, 0.25) is 0 Å². The van der Waals surface area contributed by atoms with E-state index in [1.165, 1.54) is 0 Å². The van der Waals surface area contributed by atoms with Crippen molar-refractivity contribution in [2.24, 2.45) is 11.1 Å². The highest BCUT2D eigenvalue weighted by Gasteiger charge is 2.41. The van der Waals surface area contributed by atoms with Gasteiger partial charge in [-0.1, -0.05) is 22.0 Å². The number of aryl methyl sites for hydroxylation is 1. The molecule has 1 saturated carbocycles. The quantitative estimate of drug-likeness (QED) is 0.875. The van der Waals surface area contributed by atoms with Crippen LogP contribution < -0.4 is 11.1 Å². The monoisotopic (exact) mass is 310 g/mol. The Hall–Kier alpha value is -0.870. The summed E-state index contributed by atoms with van der Waals surface area (Å²) < 4.78 is 1.01. The number of hydrogen-bond acceptors (Lipinski definition) is 2. The van der Waals surface area contributed by atoms with Gasteiger partial charge in [-0.3, -0.25) is 4.79 Å². The molecule has 1 fully saturated rings. The second-order valence-electron chi connectivity index (χ2n) is 5.23. The lowest BCUT2D eigenvalue weighted by molar-refractivity contribution is -0.120. The molecule has 0 spiro atoms. The van der Waals surface area contributed by atoms with Gasteiger partial charge < -0.3 is 11.1 Å². The minimum atomic E-state index is 0.0796. The summed E-state index contributed by atoms with van der Waals surface area (Å²) in [5, 5.41) is 3.00. The molecule has 18 heavy (non-hydrogen) atoms. The van der Waals surface area contributed by atoms with Crippen LogP contribution in [0.4, 0.5) is 0 Å². The maximum absolute atomic E-state index is 11.9. The normalized spacial score (nSPS) is 16.4. The highest BCUT2D eigenvalue weighted by molar-refractivity contribution is 9.10. The van der Waals surface area contributed by atoms with Crippen LogP contribution in [0.5, 0.6) is 0 Å². The van der Waals surface area contributed by atoms with Crippen molar-refractivity contribution in [3.05, 3.63) is 33.8 Å². The Kier molecular flexibility index (Phi) is 4.07. The van der Waals surface area contributed by atoms with Crippen molar-refractivity contribution in [2.45, 2.75) is 26.2 Å².